The number of rotatable bonds is 15. The molecule has 9 nitrogen and oxygen atoms in total. The number of benzene rings is 1. The molecular formula is C33H42N6O3. The smallest absolute Gasteiger partial charge is 0.326 e. The van der Waals surface area contributed by atoms with Crippen LogP contribution in [0.15, 0.2) is 60.9 Å². The van der Waals surface area contributed by atoms with E-state index in [2.05, 4.69) is 32.7 Å². The van der Waals surface area contributed by atoms with Gasteiger partial charge in [-0.15, -0.1) is 0 Å². The van der Waals surface area contributed by atoms with Gasteiger partial charge in [0, 0.05) is 55.2 Å². The molecule has 9 heteroatoms. The molecule has 0 aliphatic carbocycles. The lowest BCUT2D eigenvalue weighted by atomic mass is 10.1. The van der Waals surface area contributed by atoms with Gasteiger partial charge < -0.3 is 25.0 Å². The van der Waals surface area contributed by atoms with Crippen molar-refractivity contribution in [3.8, 4) is 5.75 Å². The minimum Gasteiger partial charge on any atom is -0.491 e. The van der Waals surface area contributed by atoms with E-state index in [0.717, 1.165) is 84.7 Å². The maximum absolute atomic E-state index is 12.3. The third kappa shape index (κ3) is 7.79. The van der Waals surface area contributed by atoms with Crippen LogP contribution < -0.4 is 15.4 Å². The molecule has 0 amide bonds. The maximum atomic E-state index is 12.3. The Hall–Kier alpha value is -4.11. The Morgan fingerprint density at radius 2 is 2.02 bits per heavy atom. The third-order valence-corrected chi connectivity index (χ3v) is 7.93. The number of carbonyl (C=O) groups is 1. The molecule has 0 saturated carbocycles. The van der Waals surface area contributed by atoms with Gasteiger partial charge in [0.1, 0.15) is 24.2 Å². The highest BCUT2D eigenvalue weighted by molar-refractivity contribution is 5.94. The summed E-state index contributed by atoms with van der Waals surface area (Å²) >= 11 is 0. The second-order valence-corrected chi connectivity index (χ2v) is 11.1. The lowest BCUT2D eigenvalue weighted by Gasteiger charge is -2.25. The zero-order valence-corrected chi connectivity index (χ0v) is 24.7. The molecule has 0 radical (unpaired) electrons. The summed E-state index contributed by atoms with van der Waals surface area (Å²) in [5.41, 5.74) is 5.29. The van der Waals surface area contributed by atoms with Crippen LogP contribution in [-0.4, -0.2) is 69.3 Å². The number of anilines is 2. The normalized spacial score (nSPS) is 13.5. The van der Waals surface area contributed by atoms with Gasteiger partial charge >= 0.3 is 5.97 Å². The Labute approximate surface area is 247 Å². The predicted octanol–water partition coefficient (Wildman–Crippen LogP) is 5.29. The van der Waals surface area contributed by atoms with Gasteiger partial charge in [-0.3, -0.25) is 9.88 Å². The van der Waals surface area contributed by atoms with Crippen molar-refractivity contribution in [2.45, 2.75) is 51.5 Å². The largest absolute Gasteiger partial charge is 0.491 e. The summed E-state index contributed by atoms with van der Waals surface area (Å²) in [5.74, 6) is 0.937. The number of aliphatic carboxylic acids is 1. The fourth-order valence-electron chi connectivity index (χ4n) is 5.53. The van der Waals surface area contributed by atoms with Crippen LogP contribution in [0.5, 0.6) is 5.75 Å². The summed E-state index contributed by atoms with van der Waals surface area (Å²) in [7, 11) is 1.98. The molecule has 3 N–H and O–H groups in total. The summed E-state index contributed by atoms with van der Waals surface area (Å²) in [4.78, 5) is 23.7. The van der Waals surface area contributed by atoms with Crippen molar-refractivity contribution in [2.24, 2.45) is 7.05 Å². The van der Waals surface area contributed by atoms with Crippen LogP contribution in [0.3, 0.4) is 0 Å². The van der Waals surface area contributed by atoms with Crippen molar-refractivity contribution in [1.82, 2.24) is 19.4 Å². The van der Waals surface area contributed by atoms with E-state index >= 15 is 0 Å². The summed E-state index contributed by atoms with van der Waals surface area (Å²) < 4.78 is 7.99. The number of carboxylic acid groups (broad SMARTS) is 1. The molecule has 5 rings (SSSR count). The Morgan fingerprint density at radius 3 is 2.86 bits per heavy atom. The molecule has 0 spiro atoms. The van der Waals surface area contributed by atoms with E-state index in [-0.39, 0.29) is 0 Å². The first-order valence-corrected chi connectivity index (χ1v) is 15.0. The van der Waals surface area contributed by atoms with Crippen molar-refractivity contribution < 1.29 is 14.6 Å². The van der Waals surface area contributed by atoms with E-state index in [1.165, 1.54) is 5.56 Å². The van der Waals surface area contributed by atoms with Gasteiger partial charge in [0.25, 0.3) is 0 Å². The summed E-state index contributed by atoms with van der Waals surface area (Å²) in [5, 5.41) is 17.8. The van der Waals surface area contributed by atoms with Gasteiger partial charge in [-0.1, -0.05) is 24.3 Å². The van der Waals surface area contributed by atoms with E-state index in [1.54, 1.807) is 6.20 Å². The highest BCUT2D eigenvalue weighted by Crippen LogP contribution is 2.26. The van der Waals surface area contributed by atoms with Crippen molar-refractivity contribution in [3.63, 3.8) is 0 Å². The molecule has 0 fully saturated rings. The summed E-state index contributed by atoms with van der Waals surface area (Å²) in [6, 6.07) is 15.6. The molecule has 1 aromatic carbocycles. The van der Waals surface area contributed by atoms with Gasteiger partial charge in [-0.05, 0) is 81.8 Å². The number of hydrogen-bond acceptors (Lipinski definition) is 7. The first-order valence-electron chi connectivity index (χ1n) is 15.0. The zero-order valence-electron chi connectivity index (χ0n) is 24.7. The first kappa shape index (κ1) is 29.4. The second kappa shape index (κ2) is 14.2. The standard InChI is InChI=1S/C33H42N6O3/c1-24-12-15-27(22-35-24)42-21-20-39(18-6-5-9-26-14-13-25-8-7-17-34-32(25)36-26)19-16-29(33(40)41)37-30-23-38(2)31-11-4-3-10-28(30)31/h3-4,10-15,22-23,29,37H,5-9,16-21H2,1-2H3,(H,34,36)(H,40,41). The highest BCUT2D eigenvalue weighted by Gasteiger charge is 2.21. The number of aromatic nitrogens is 3. The minimum atomic E-state index is -0.850. The van der Waals surface area contributed by atoms with Crippen LogP contribution in [-0.2, 0) is 24.7 Å². The number of para-hydroxylation sites is 1. The monoisotopic (exact) mass is 570 g/mol. The number of pyridine rings is 2. The van der Waals surface area contributed by atoms with Crippen LogP contribution in [0.2, 0.25) is 0 Å². The molecule has 0 bridgehead atoms. The van der Waals surface area contributed by atoms with Gasteiger partial charge in [-0.2, -0.15) is 0 Å². The number of nitrogens with one attached hydrogen (secondary N) is 2. The van der Waals surface area contributed by atoms with Crippen molar-refractivity contribution in [3.05, 3.63) is 77.9 Å². The number of unbranched alkanes of at least 4 members (excludes halogenated alkanes) is 1. The Bertz CT molecular complexity index is 1470. The van der Waals surface area contributed by atoms with Crippen LogP contribution in [0.4, 0.5) is 11.5 Å². The Morgan fingerprint density at radius 1 is 1.14 bits per heavy atom. The van der Waals surface area contributed by atoms with Crippen molar-refractivity contribution in [1.29, 1.82) is 0 Å². The second-order valence-electron chi connectivity index (χ2n) is 11.1. The SMILES string of the molecule is Cc1ccc(OCCN(CCCCc2ccc3c(n2)NCCC3)CCC(Nc2cn(C)c3ccccc23)C(=O)O)cn1. The average molecular weight is 571 g/mol. The van der Waals surface area contributed by atoms with Crippen LogP contribution in [0.25, 0.3) is 10.9 Å². The number of ether oxygens (including phenoxy) is 1. The van der Waals surface area contributed by atoms with E-state index < -0.39 is 12.0 Å². The van der Waals surface area contributed by atoms with Crippen LogP contribution in [0.1, 0.15) is 42.6 Å². The summed E-state index contributed by atoms with van der Waals surface area (Å²) in [6.07, 6.45) is 9.37. The van der Waals surface area contributed by atoms with Gasteiger partial charge in [0.05, 0.1) is 11.9 Å². The Kier molecular flexibility index (Phi) is 9.92. The Balaban J connectivity index is 1.17. The lowest BCUT2D eigenvalue weighted by molar-refractivity contribution is -0.138. The van der Waals surface area contributed by atoms with Gasteiger partial charge in [0.15, 0.2) is 0 Å². The number of aryl methyl sites for hydroxylation is 4. The zero-order chi connectivity index (χ0) is 29.3. The molecule has 222 valence electrons. The van der Waals surface area contributed by atoms with Crippen LogP contribution in [0, 0.1) is 6.92 Å². The number of carboxylic acids is 1. The molecular weight excluding hydrogens is 528 g/mol. The molecule has 42 heavy (non-hydrogen) atoms. The van der Waals surface area contributed by atoms with E-state index in [4.69, 9.17) is 9.72 Å². The van der Waals surface area contributed by atoms with Crippen molar-refractivity contribution in [2.75, 3.05) is 43.4 Å². The van der Waals surface area contributed by atoms with Gasteiger partial charge in [0.2, 0.25) is 0 Å². The molecule has 1 aliphatic rings. The molecule has 4 heterocycles. The predicted molar refractivity (Wildman–Crippen MR) is 167 cm³/mol. The molecule has 0 saturated heterocycles. The maximum Gasteiger partial charge on any atom is 0.326 e. The van der Waals surface area contributed by atoms with Crippen LogP contribution >= 0.6 is 0 Å². The quantitative estimate of drug-likeness (QED) is 0.166. The third-order valence-electron chi connectivity index (χ3n) is 7.93. The number of nitrogens with zero attached hydrogens (tertiary/aromatic N) is 4. The molecule has 4 aromatic rings. The fraction of sp³-hybridized carbons (Fsp3) is 0.424. The highest BCUT2D eigenvalue weighted by atomic mass is 16.5. The fourth-order valence-corrected chi connectivity index (χ4v) is 5.53. The molecule has 3 aromatic heterocycles. The topological polar surface area (TPSA) is 105 Å². The first-order chi connectivity index (χ1) is 20.5. The number of fused-ring (bicyclic) bond motifs is 2. The minimum absolute atomic E-state index is 0.475. The average Bonchev–Trinajstić information content (AvgIpc) is 3.32. The summed E-state index contributed by atoms with van der Waals surface area (Å²) in [6.45, 7) is 5.66. The van der Waals surface area contributed by atoms with E-state index in [1.807, 2.05) is 61.1 Å². The molecule has 1 atom stereocenters. The van der Waals surface area contributed by atoms with E-state index in [0.29, 0.717) is 26.1 Å². The molecule has 1 unspecified atom stereocenters. The number of hydrogen-bond donors (Lipinski definition) is 3. The van der Waals surface area contributed by atoms with Gasteiger partial charge in [-0.25, -0.2) is 9.78 Å². The molecule has 1 aliphatic heterocycles. The lowest BCUT2D eigenvalue weighted by Crippen LogP contribution is -2.37. The van der Waals surface area contributed by atoms with Crippen molar-refractivity contribution >= 4 is 28.4 Å². The van der Waals surface area contributed by atoms with E-state index in [9.17, 15) is 9.90 Å².